The van der Waals surface area contributed by atoms with E-state index in [0.717, 1.165) is 30.0 Å². The number of ether oxygens (including phenoxy) is 1. The summed E-state index contributed by atoms with van der Waals surface area (Å²) in [7, 11) is 0. The third kappa shape index (κ3) is 4.61. The van der Waals surface area contributed by atoms with Gasteiger partial charge in [-0.3, -0.25) is 9.59 Å². The minimum absolute atomic E-state index is 0.223. The van der Waals surface area contributed by atoms with Crippen LogP contribution in [0.25, 0.3) is 0 Å². The van der Waals surface area contributed by atoms with Crippen molar-refractivity contribution < 1.29 is 14.3 Å². The number of nitrogens with one attached hydrogen (secondary N) is 1. The topological polar surface area (TPSA) is 55.4 Å². The molecule has 0 saturated heterocycles. The van der Waals surface area contributed by atoms with Crippen molar-refractivity contribution in [2.24, 2.45) is 17.8 Å². The van der Waals surface area contributed by atoms with E-state index in [4.69, 9.17) is 4.74 Å². The van der Waals surface area contributed by atoms with E-state index in [2.05, 4.69) is 17.4 Å². The Morgan fingerprint density at radius 2 is 1.75 bits per heavy atom. The predicted molar refractivity (Wildman–Crippen MR) is 109 cm³/mol. The summed E-state index contributed by atoms with van der Waals surface area (Å²) in [6.07, 6.45) is 6.19. The van der Waals surface area contributed by atoms with Crippen LogP contribution in [0, 0.1) is 17.8 Å². The zero-order chi connectivity index (χ0) is 19.3. The van der Waals surface area contributed by atoms with Gasteiger partial charge in [-0.05, 0) is 60.6 Å². The van der Waals surface area contributed by atoms with E-state index < -0.39 is 0 Å². The first-order valence-electron chi connectivity index (χ1n) is 10.2. The van der Waals surface area contributed by atoms with Crippen molar-refractivity contribution in [3.63, 3.8) is 0 Å². The normalized spacial score (nSPS) is 22.8. The molecule has 2 saturated carbocycles. The zero-order valence-corrected chi connectivity index (χ0v) is 16.1. The van der Waals surface area contributed by atoms with Crippen molar-refractivity contribution in [2.75, 3.05) is 11.9 Å². The van der Waals surface area contributed by atoms with E-state index in [0.29, 0.717) is 18.3 Å². The Morgan fingerprint density at radius 1 is 0.964 bits per heavy atom. The summed E-state index contributed by atoms with van der Waals surface area (Å²) in [5.41, 5.74) is 2.98. The third-order valence-electron chi connectivity index (χ3n) is 6.21. The van der Waals surface area contributed by atoms with Crippen LogP contribution in [0.1, 0.15) is 43.2 Å². The van der Waals surface area contributed by atoms with Crippen molar-refractivity contribution >= 4 is 17.6 Å². The van der Waals surface area contributed by atoms with Gasteiger partial charge >= 0.3 is 5.97 Å². The molecule has 2 aliphatic rings. The monoisotopic (exact) mass is 377 g/mol. The number of fused-ring (bicyclic) bond motifs is 2. The van der Waals surface area contributed by atoms with Gasteiger partial charge in [0.2, 0.25) is 0 Å². The average molecular weight is 377 g/mol. The van der Waals surface area contributed by atoms with E-state index in [1.165, 1.54) is 24.8 Å². The van der Waals surface area contributed by atoms with Gasteiger partial charge in [-0.1, -0.05) is 55.0 Å². The first-order chi connectivity index (χ1) is 13.7. The number of anilines is 1. The molecule has 2 aliphatic carbocycles. The summed E-state index contributed by atoms with van der Waals surface area (Å²) in [4.78, 5) is 24.4. The lowest BCUT2D eigenvalue weighted by Crippen LogP contribution is -2.23. The minimum atomic E-state index is -0.290. The van der Waals surface area contributed by atoms with Gasteiger partial charge in [0, 0.05) is 12.1 Å². The molecular weight excluding hydrogens is 350 g/mol. The van der Waals surface area contributed by atoms with Crippen LogP contribution in [0.3, 0.4) is 0 Å². The first kappa shape index (κ1) is 18.7. The summed E-state index contributed by atoms with van der Waals surface area (Å²) in [6.45, 7) is -0.223. The Labute approximate surface area is 166 Å². The number of hydrogen-bond acceptors (Lipinski definition) is 3. The molecule has 2 fully saturated rings. The predicted octanol–water partition coefficient (Wildman–Crippen LogP) is 4.59. The molecule has 4 rings (SSSR count). The van der Waals surface area contributed by atoms with Gasteiger partial charge in [-0.15, -0.1) is 0 Å². The Kier molecular flexibility index (Phi) is 5.75. The Morgan fingerprint density at radius 3 is 2.50 bits per heavy atom. The number of esters is 1. The maximum absolute atomic E-state index is 12.3. The molecule has 146 valence electrons. The van der Waals surface area contributed by atoms with Gasteiger partial charge in [0.1, 0.15) is 0 Å². The highest BCUT2D eigenvalue weighted by molar-refractivity contribution is 5.93. The molecule has 0 aliphatic heterocycles. The highest BCUT2D eigenvalue weighted by Crippen LogP contribution is 2.49. The maximum atomic E-state index is 12.3. The summed E-state index contributed by atoms with van der Waals surface area (Å²) in [5.74, 6) is 1.43. The van der Waals surface area contributed by atoms with Crippen molar-refractivity contribution in [1.29, 1.82) is 0 Å². The third-order valence-corrected chi connectivity index (χ3v) is 6.21. The fraction of sp³-hybridized carbons (Fsp3) is 0.417. The minimum Gasteiger partial charge on any atom is -0.456 e. The van der Waals surface area contributed by atoms with Crippen LogP contribution in [0.15, 0.2) is 54.6 Å². The van der Waals surface area contributed by atoms with Crippen LogP contribution in [0.5, 0.6) is 0 Å². The summed E-state index contributed by atoms with van der Waals surface area (Å²) in [5, 5.41) is 2.89. The molecule has 4 nitrogen and oxygen atoms in total. The lowest BCUT2D eigenvalue weighted by molar-refractivity contribution is -0.148. The fourth-order valence-corrected chi connectivity index (χ4v) is 4.84. The zero-order valence-electron chi connectivity index (χ0n) is 16.1. The molecule has 0 aromatic heterocycles. The van der Waals surface area contributed by atoms with Gasteiger partial charge < -0.3 is 10.1 Å². The van der Waals surface area contributed by atoms with Crippen molar-refractivity contribution in [1.82, 2.24) is 0 Å². The standard InChI is InChI=1S/C24H27NO3/c26-23(16-28-24(27)15-21-14-18-10-11-19(21)13-18)25-22-9-5-4-8-20(22)12-17-6-2-1-3-7-17/h1-9,18-19,21H,10-16H2,(H,25,26)/t18-,19-,21-/m1/s1. The lowest BCUT2D eigenvalue weighted by atomic mass is 9.86. The molecule has 0 radical (unpaired) electrons. The second kappa shape index (κ2) is 8.59. The highest BCUT2D eigenvalue weighted by Gasteiger charge is 2.40. The van der Waals surface area contributed by atoms with Crippen LogP contribution in [-0.2, 0) is 20.7 Å². The molecule has 3 atom stereocenters. The van der Waals surface area contributed by atoms with E-state index in [9.17, 15) is 9.59 Å². The Bertz CT molecular complexity index is 833. The van der Waals surface area contributed by atoms with Crippen LogP contribution in [0.4, 0.5) is 5.69 Å². The quantitative estimate of drug-likeness (QED) is 0.718. The Balaban J connectivity index is 1.27. The van der Waals surface area contributed by atoms with E-state index >= 15 is 0 Å². The van der Waals surface area contributed by atoms with Crippen molar-refractivity contribution in [3.05, 3.63) is 65.7 Å². The number of amides is 1. The molecule has 0 heterocycles. The fourth-order valence-electron chi connectivity index (χ4n) is 4.84. The molecule has 2 aromatic rings. The number of hydrogen-bond donors (Lipinski definition) is 1. The summed E-state index contributed by atoms with van der Waals surface area (Å²) in [6, 6.07) is 17.9. The number of carbonyl (C=O) groups is 2. The van der Waals surface area contributed by atoms with Crippen LogP contribution in [-0.4, -0.2) is 18.5 Å². The Hall–Kier alpha value is -2.62. The van der Waals surface area contributed by atoms with Crippen LogP contribution in [0.2, 0.25) is 0 Å². The highest BCUT2D eigenvalue weighted by atomic mass is 16.5. The maximum Gasteiger partial charge on any atom is 0.306 e. The van der Waals surface area contributed by atoms with E-state index in [1.54, 1.807) is 0 Å². The van der Waals surface area contributed by atoms with Gasteiger partial charge in [-0.25, -0.2) is 0 Å². The SMILES string of the molecule is O=C(COC(=O)C[C@H]1C[C@@H]2CC[C@@H]1C2)Nc1ccccc1Cc1ccccc1. The van der Waals surface area contributed by atoms with E-state index in [-0.39, 0.29) is 18.5 Å². The van der Waals surface area contributed by atoms with Gasteiger partial charge in [0.25, 0.3) is 5.91 Å². The molecule has 2 aromatic carbocycles. The van der Waals surface area contributed by atoms with Crippen LogP contribution < -0.4 is 5.32 Å². The molecule has 0 unspecified atom stereocenters. The van der Waals surface area contributed by atoms with Gasteiger partial charge in [0.05, 0.1) is 0 Å². The van der Waals surface area contributed by atoms with Crippen LogP contribution >= 0.6 is 0 Å². The lowest BCUT2D eigenvalue weighted by Gasteiger charge is -2.20. The molecule has 1 N–H and O–H groups in total. The number of benzene rings is 2. The molecule has 28 heavy (non-hydrogen) atoms. The molecular formula is C24H27NO3. The molecule has 0 spiro atoms. The van der Waals surface area contributed by atoms with Crippen molar-refractivity contribution in [3.8, 4) is 0 Å². The van der Waals surface area contributed by atoms with Gasteiger partial charge in [0.15, 0.2) is 6.61 Å². The number of carbonyl (C=O) groups excluding carboxylic acids is 2. The largest absolute Gasteiger partial charge is 0.456 e. The summed E-state index contributed by atoms with van der Waals surface area (Å²) < 4.78 is 5.25. The van der Waals surface area contributed by atoms with Gasteiger partial charge in [-0.2, -0.15) is 0 Å². The van der Waals surface area contributed by atoms with E-state index in [1.807, 2.05) is 42.5 Å². The van der Waals surface area contributed by atoms with Crippen molar-refractivity contribution in [2.45, 2.75) is 38.5 Å². The first-order valence-corrected chi connectivity index (χ1v) is 10.2. The smallest absolute Gasteiger partial charge is 0.306 e. The summed E-state index contributed by atoms with van der Waals surface area (Å²) >= 11 is 0. The molecule has 2 bridgehead atoms. The molecule has 4 heteroatoms. The molecule has 1 amide bonds. The second-order valence-electron chi connectivity index (χ2n) is 8.17. The number of rotatable bonds is 7. The number of para-hydroxylation sites is 1. The second-order valence-corrected chi connectivity index (χ2v) is 8.17. The average Bonchev–Trinajstić information content (AvgIpc) is 3.32.